The highest BCUT2D eigenvalue weighted by Gasteiger charge is 2.24. The molecule has 0 atom stereocenters. The SMILES string of the molecule is CCCN1CCC(NC(=O)c2nn(C)c3nc(N4CCCCCC4)ccc23)CC1. The second-order valence-electron chi connectivity index (χ2n) is 8.50. The zero-order valence-electron chi connectivity index (χ0n) is 17.9. The molecule has 29 heavy (non-hydrogen) atoms. The first-order valence-electron chi connectivity index (χ1n) is 11.3. The van der Waals surface area contributed by atoms with Crippen molar-refractivity contribution in [3.63, 3.8) is 0 Å². The molecule has 0 saturated carbocycles. The van der Waals surface area contributed by atoms with E-state index in [1.54, 1.807) is 4.68 Å². The second-order valence-corrected chi connectivity index (χ2v) is 8.50. The van der Waals surface area contributed by atoms with Crippen LogP contribution >= 0.6 is 0 Å². The molecule has 7 heteroatoms. The number of fused-ring (bicyclic) bond motifs is 1. The summed E-state index contributed by atoms with van der Waals surface area (Å²) < 4.78 is 1.75. The van der Waals surface area contributed by atoms with Crippen molar-refractivity contribution in [2.75, 3.05) is 37.6 Å². The van der Waals surface area contributed by atoms with Crippen molar-refractivity contribution in [2.45, 2.75) is 57.9 Å². The lowest BCUT2D eigenvalue weighted by molar-refractivity contribution is 0.0907. The number of nitrogens with zero attached hydrogens (tertiary/aromatic N) is 5. The van der Waals surface area contributed by atoms with Gasteiger partial charge in [0.2, 0.25) is 0 Å². The first kappa shape index (κ1) is 20.1. The Bertz CT molecular complexity index is 831. The molecule has 2 saturated heterocycles. The van der Waals surface area contributed by atoms with Crippen molar-refractivity contribution in [1.82, 2.24) is 25.0 Å². The number of nitrogens with one attached hydrogen (secondary N) is 1. The maximum absolute atomic E-state index is 12.9. The van der Waals surface area contributed by atoms with Gasteiger partial charge in [0.25, 0.3) is 5.91 Å². The molecule has 0 unspecified atom stereocenters. The Morgan fingerprint density at radius 3 is 2.52 bits per heavy atom. The van der Waals surface area contributed by atoms with E-state index in [2.05, 4.69) is 33.2 Å². The summed E-state index contributed by atoms with van der Waals surface area (Å²) in [6, 6.07) is 4.31. The predicted molar refractivity (Wildman–Crippen MR) is 116 cm³/mol. The highest BCUT2D eigenvalue weighted by molar-refractivity contribution is 6.04. The summed E-state index contributed by atoms with van der Waals surface area (Å²) in [4.78, 5) is 22.6. The van der Waals surface area contributed by atoms with Crippen molar-refractivity contribution in [3.8, 4) is 0 Å². The number of rotatable bonds is 5. The van der Waals surface area contributed by atoms with Gasteiger partial charge < -0.3 is 15.1 Å². The summed E-state index contributed by atoms with van der Waals surface area (Å²) >= 11 is 0. The molecule has 4 heterocycles. The van der Waals surface area contributed by atoms with Crippen molar-refractivity contribution in [3.05, 3.63) is 17.8 Å². The largest absolute Gasteiger partial charge is 0.357 e. The summed E-state index contributed by atoms with van der Waals surface area (Å²) in [5.41, 5.74) is 1.28. The summed E-state index contributed by atoms with van der Waals surface area (Å²) in [7, 11) is 1.88. The number of carbonyl (C=O) groups is 1. The van der Waals surface area contributed by atoms with Crippen LogP contribution in [0, 0.1) is 0 Å². The second kappa shape index (κ2) is 9.11. The summed E-state index contributed by atoms with van der Waals surface area (Å²) in [6.45, 7) is 7.59. The molecule has 0 radical (unpaired) electrons. The van der Waals surface area contributed by atoms with Gasteiger partial charge in [0.05, 0.1) is 5.39 Å². The molecule has 2 aliphatic rings. The van der Waals surface area contributed by atoms with Gasteiger partial charge in [-0.2, -0.15) is 5.10 Å². The normalized spacial score (nSPS) is 19.4. The first-order valence-corrected chi connectivity index (χ1v) is 11.3. The highest BCUT2D eigenvalue weighted by Crippen LogP contribution is 2.23. The average molecular weight is 399 g/mol. The molecule has 4 rings (SSSR count). The van der Waals surface area contributed by atoms with Crippen LogP contribution in [-0.2, 0) is 7.05 Å². The number of pyridine rings is 1. The van der Waals surface area contributed by atoms with Gasteiger partial charge in [-0.05, 0) is 50.8 Å². The Labute approximate surface area is 173 Å². The fourth-order valence-electron chi connectivity index (χ4n) is 4.64. The van der Waals surface area contributed by atoms with Crippen LogP contribution in [0.25, 0.3) is 11.0 Å². The number of hydrogen-bond acceptors (Lipinski definition) is 5. The van der Waals surface area contributed by atoms with Crippen molar-refractivity contribution in [2.24, 2.45) is 7.05 Å². The standard InChI is InChI=1S/C22H34N6O/c1-3-12-27-15-10-17(11-16-27)23-22(29)20-18-8-9-19(24-21(18)26(2)25-20)28-13-6-4-5-7-14-28/h8-9,17H,3-7,10-16H2,1-2H3,(H,23,29). The number of aryl methyl sites for hydroxylation is 1. The smallest absolute Gasteiger partial charge is 0.272 e. The van der Waals surface area contributed by atoms with Crippen molar-refractivity contribution in [1.29, 1.82) is 0 Å². The van der Waals surface area contributed by atoms with Crippen LogP contribution in [0.15, 0.2) is 12.1 Å². The third kappa shape index (κ3) is 4.55. The molecule has 2 aliphatic heterocycles. The molecule has 2 aromatic rings. The number of likely N-dealkylation sites (tertiary alicyclic amines) is 1. The molecule has 2 fully saturated rings. The minimum absolute atomic E-state index is 0.0751. The molecular formula is C22H34N6O. The van der Waals surface area contributed by atoms with E-state index in [9.17, 15) is 4.79 Å². The Hall–Kier alpha value is -2.15. The van der Waals surface area contributed by atoms with Gasteiger partial charge in [0, 0.05) is 39.3 Å². The van der Waals surface area contributed by atoms with Crippen LogP contribution in [0.3, 0.4) is 0 Å². The highest BCUT2D eigenvalue weighted by atomic mass is 16.2. The van der Waals surface area contributed by atoms with E-state index in [4.69, 9.17) is 4.98 Å². The van der Waals surface area contributed by atoms with Crippen molar-refractivity contribution >= 4 is 22.8 Å². The fraction of sp³-hybridized carbons (Fsp3) is 0.682. The lowest BCUT2D eigenvalue weighted by atomic mass is 10.0. The Morgan fingerprint density at radius 1 is 1.10 bits per heavy atom. The summed E-state index contributed by atoms with van der Waals surface area (Å²) in [5, 5.41) is 8.57. The van der Waals surface area contributed by atoms with E-state index in [0.29, 0.717) is 5.69 Å². The third-order valence-electron chi connectivity index (χ3n) is 6.28. The fourth-order valence-corrected chi connectivity index (χ4v) is 4.64. The number of amides is 1. The van der Waals surface area contributed by atoms with E-state index < -0.39 is 0 Å². The van der Waals surface area contributed by atoms with Gasteiger partial charge >= 0.3 is 0 Å². The molecule has 1 N–H and O–H groups in total. The maximum atomic E-state index is 12.9. The van der Waals surface area contributed by atoms with Gasteiger partial charge in [-0.25, -0.2) is 9.67 Å². The summed E-state index contributed by atoms with van der Waals surface area (Å²) in [6.07, 6.45) is 8.23. The average Bonchev–Trinajstić information content (AvgIpc) is 2.90. The molecule has 1 amide bonds. The Kier molecular flexibility index (Phi) is 6.33. The van der Waals surface area contributed by atoms with E-state index in [-0.39, 0.29) is 11.9 Å². The van der Waals surface area contributed by atoms with E-state index in [0.717, 1.165) is 62.4 Å². The number of piperidine rings is 1. The zero-order chi connectivity index (χ0) is 20.2. The van der Waals surface area contributed by atoms with E-state index in [1.807, 2.05) is 13.1 Å². The minimum Gasteiger partial charge on any atom is -0.357 e. The van der Waals surface area contributed by atoms with Gasteiger partial charge in [0.15, 0.2) is 11.3 Å². The van der Waals surface area contributed by atoms with Crippen LogP contribution < -0.4 is 10.2 Å². The predicted octanol–water partition coefficient (Wildman–Crippen LogP) is 2.95. The molecule has 7 nitrogen and oxygen atoms in total. The number of hydrogen-bond donors (Lipinski definition) is 1. The molecule has 158 valence electrons. The van der Waals surface area contributed by atoms with Crippen molar-refractivity contribution < 1.29 is 4.79 Å². The molecule has 0 spiro atoms. The Morgan fingerprint density at radius 2 is 1.83 bits per heavy atom. The van der Waals surface area contributed by atoms with Gasteiger partial charge in [-0.1, -0.05) is 19.8 Å². The number of anilines is 1. The van der Waals surface area contributed by atoms with Crippen LogP contribution in [-0.4, -0.2) is 64.3 Å². The maximum Gasteiger partial charge on any atom is 0.272 e. The van der Waals surface area contributed by atoms with E-state index >= 15 is 0 Å². The molecule has 0 aromatic carbocycles. The number of aromatic nitrogens is 3. The van der Waals surface area contributed by atoms with Gasteiger partial charge in [-0.3, -0.25) is 4.79 Å². The first-order chi connectivity index (χ1) is 14.2. The Balaban J connectivity index is 1.47. The van der Waals surface area contributed by atoms with Crippen LogP contribution in [0.4, 0.5) is 5.82 Å². The quantitative estimate of drug-likeness (QED) is 0.839. The lowest BCUT2D eigenvalue weighted by Gasteiger charge is -2.31. The monoisotopic (exact) mass is 398 g/mol. The molecule has 0 bridgehead atoms. The van der Waals surface area contributed by atoms with Crippen LogP contribution in [0.1, 0.15) is 62.4 Å². The topological polar surface area (TPSA) is 66.3 Å². The lowest BCUT2D eigenvalue weighted by Crippen LogP contribution is -2.44. The summed E-state index contributed by atoms with van der Waals surface area (Å²) in [5.74, 6) is 0.923. The number of carbonyl (C=O) groups excluding carboxylic acids is 1. The van der Waals surface area contributed by atoms with Crippen LogP contribution in [0.5, 0.6) is 0 Å². The van der Waals surface area contributed by atoms with Gasteiger partial charge in [0.1, 0.15) is 5.82 Å². The van der Waals surface area contributed by atoms with E-state index in [1.165, 1.54) is 32.1 Å². The van der Waals surface area contributed by atoms with Crippen LogP contribution in [0.2, 0.25) is 0 Å². The zero-order valence-corrected chi connectivity index (χ0v) is 17.9. The molecule has 2 aromatic heterocycles. The molecule has 0 aliphatic carbocycles. The van der Waals surface area contributed by atoms with Gasteiger partial charge in [-0.15, -0.1) is 0 Å². The minimum atomic E-state index is -0.0751. The molecular weight excluding hydrogens is 364 g/mol. The third-order valence-corrected chi connectivity index (χ3v) is 6.28.